The molecule has 1 amide bonds. The largest absolute Gasteiger partial charge is 0.355 e. The van der Waals surface area contributed by atoms with Crippen LogP contribution >= 0.6 is 0 Å². The summed E-state index contributed by atoms with van der Waals surface area (Å²) in [5.74, 6) is -0.326. The number of hydrogen-bond acceptors (Lipinski definition) is 3. The van der Waals surface area contributed by atoms with Gasteiger partial charge in [0.25, 0.3) is 0 Å². The predicted octanol–water partition coefficient (Wildman–Crippen LogP) is 3.97. The Hall–Kier alpha value is -2.14. The van der Waals surface area contributed by atoms with E-state index in [9.17, 15) is 13.2 Å². The van der Waals surface area contributed by atoms with Gasteiger partial charge in [-0.25, -0.2) is 8.42 Å². The summed E-state index contributed by atoms with van der Waals surface area (Å²) in [5.41, 5.74) is 3.64. The number of sulfone groups is 1. The Balaban J connectivity index is 1.36. The number of hydrogen-bond donors (Lipinski definition) is 1. The van der Waals surface area contributed by atoms with Crippen LogP contribution in [-0.4, -0.2) is 26.6 Å². The summed E-state index contributed by atoms with van der Waals surface area (Å²) in [5, 5.41) is 3.03. The molecule has 4 nitrogen and oxygen atoms in total. The Morgan fingerprint density at radius 1 is 0.931 bits per heavy atom. The molecule has 0 bridgehead atoms. The second-order valence-corrected chi connectivity index (χ2v) is 10.6. The number of fused-ring (bicyclic) bond motifs is 1. The van der Waals surface area contributed by atoms with E-state index in [1.165, 1.54) is 11.1 Å². The van der Waals surface area contributed by atoms with Crippen molar-refractivity contribution >= 4 is 15.7 Å². The lowest BCUT2D eigenvalue weighted by atomic mass is 9.79. The first-order valence-corrected chi connectivity index (χ1v) is 12.3. The fourth-order valence-corrected chi connectivity index (χ4v) is 6.14. The van der Waals surface area contributed by atoms with Gasteiger partial charge in [0.2, 0.25) is 5.91 Å². The first-order valence-electron chi connectivity index (χ1n) is 10.7. The maximum Gasteiger partial charge on any atom is 0.221 e. The molecule has 2 aromatic carbocycles. The predicted molar refractivity (Wildman–Crippen MR) is 115 cm³/mol. The minimum atomic E-state index is -3.44. The summed E-state index contributed by atoms with van der Waals surface area (Å²) in [6.45, 7) is 0.578. The van der Waals surface area contributed by atoms with Crippen LogP contribution in [0.25, 0.3) is 0 Å². The quantitative estimate of drug-likeness (QED) is 0.750. The zero-order valence-electron chi connectivity index (χ0n) is 16.8. The summed E-state index contributed by atoms with van der Waals surface area (Å²) < 4.78 is 25.4. The molecule has 29 heavy (non-hydrogen) atoms. The van der Waals surface area contributed by atoms with Crippen molar-refractivity contribution in [3.05, 3.63) is 65.2 Å². The zero-order chi connectivity index (χ0) is 20.3. The van der Waals surface area contributed by atoms with Gasteiger partial charge in [0.15, 0.2) is 9.84 Å². The third-order valence-corrected chi connectivity index (χ3v) is 8.31. The van der Waals surface area contributed by atoms with Crippen molar-refractivity contribution in [3.63, 3.8) is 0 Å². The number of rotatable bonds is 7. The number of carbonyl (C=O) groups excluding carboxylic acids is 1. The van der Waals surface area contributed by atoms with Gasteiger partial charge in [-0.1, -0.05) is 49.2 Å². The van der Waals surface area contributed by atoms with Gasteiger partial charge in [0.05, 0.1) is 10.6 Å². The summed E-state index contributed by atoms with van der Waals surface area (Å²) >= 11 is 0. The molecule has 0 aromatic heterocycles. The molecule has 0 atom stereocenters. The number of benzene rings is 2. The Morgan fingerprint density at radius 3 is 2.41 bits per heavy atom. The van der Waals surface area contributed by atoms with Crippen molar-refractivity contribution in [2.45, 2.75) is 61.7 Å². The van der Waals surface area contributed by atoms with Crippen molar-refractivity contribution in [1.29, 1.82) is 0 Å². The highest BCUT2D eigenvalue weighted by molar-refractivity contribution is 7.91. The van der Waals surface area contributed by atoms with E-state index < -0.39 is 9.84 Å². The average Bonchev–Trinajstić information content (AvgIpc) is 3.41. The van der Waals surface area contributed by atoms with Gasteiger partial charge in [-0.15, -0.1) is 0 Å². The Morgan fingerprint density at radius 2 is 1.66 bits per heavy atom. The molecule has 4 rings (SSSR count). The highest BCUT2D eigenvalue weighted by Crippen LogP contribution is 2.40. The molecule has 2 aliphatic carbocycles. The zero-order valence-corrected chi connectivity index (χ0v) is 17.6. The minimum Gasteiger partial charge on any atom is -0.355 e. The van der Waals surface area contributed by atoms with Crippen LogP contribution < -0.4 is 5.32 Å². The minimum absolute atomic E-state index is 0.00425. The van der Waals surface area contributed by atoms with Crippen LogP contribution in [0, 0.1) is 0 Å². The number of amides is 1. The van der Waals surface area contributed by atoms with Crippen LogP contribution in [0.5, 0.6) is 0 Å². The van der Waals surface area contributed by atoms with Crippen molar-refractivity contribution < 1.29 is 13.2 Å². The molecular weight excluding hydrogens is 382 g/mol. The molecule has 1 fully saturated rings. The van der Waals surface area contributed by atoms with E-state index in [4.69, 9.17) is 0 Å². The van der Waals surface area contributed by atoms with Crippen molar-refractivity contribution in [3.8, 4) is 0 Å². The maximum absolute atomic E-state index is 12.7. The van der Waals surface area contributed by atoms with E-state index >= 15 is 0 Å². The Labute approximate surface area is 173 Å². The van der Waals surface area contributed by atoms with Crippen LogP contribution in [0.15, 0.2) is 53.4 Å². The highest BCUT2D eigenvalue weighted by Gasteiger charge is 2.35. The van der Waals surface area contributed by atoms with Crippen LogP contribution in [0.3, 0.4) is 0 Å². The molecule has 0 unspecified atom stereocenters. The summed E-state index contributed by atoms with van der Waals surface area (Å²) in [6, 6.07) is 15.8. The van der Waals surface area contributed by atoms with Gasteiger partial charge in [-0.05, 0) is 60.9 Å². The van der Waals surface area contributed by atoms with E-state index in [0.29, 0.717) is 11.4 Å². The summed E-state index contributed by atoms with van der Waals surface area (Å²) in [4.78, 5) is 12.8. The molecule has 0 heterocycles. The first-order chi connectivity index (χ1) is 14.0. The summed E-state index contributed by atoms with van der Waals surface area (Å²) in [7, 11) is -3.44. The molecule has 2 aliphatic rings. The van der Waals surface area contributed by atoms with Gasteiger partial charge in [0.1, 0.15) is 0 Å². The van der Waals surface area contributed by atoms with E-state index in [-0.39, 0.29) is 23.5 Å². The molecule has 154 valence electrons. The third kappa shape index (κ3) is 4.40. The SMILES string of the molecule is O=C(CCS(=O)(=O)c1ccc2c(c1)CCC2)NCC1(c2ccccc2)CCCC1. The van der Waals surface area contributed by atoms with E-state index in [0.717, 1.165) is 50.5 Å². The highest BCUT2D eigenvalue weighted by atomic mass is 32.2. The van der Waals surface area contributed by atoms with Crippen LogP contribution in [-0.2, 0) is 32.9 Å². The normalized spacial score (nSPS) is 17.8. The van der Waals surface area contributed by atoms with Gasteiger partial charge in [-0.3, -0.25) is 4.79 Å². The second-order valence-electron chi connectivity index (χ2n) is 8.48. The van der Waals surface area contributed by atoms with Gasteiger partial charge >= 0.3 is 0 Å². The molecule has 0 radical (unpaired) electrons. The molecule has 2 aromatic rings. The number of aryl methyl sites for hydroxylation is 2. The summed E-state index contributed by atoms with van der Waals surface area (Å²) in [6.07, 6.45) is 7.51. The number of nitrogens with one attached hydrogen (secondary N) is 1. The molecule has 0 aliphatic heterocycles. The standard InChI is InChI=1S/C24H29NO3S/c26-23(25-18-24(14-4-5-15-24)21-9-2-1-3-10-21)13-16-29(27,28)22-12-11-19-7-6-8-20(19)17-22/h1-3,9-12,17H,4-8,13-16,18H2,(H,25,26). The maximum atomic E-state index is 12.7. The third-order valence-electron chi connectivity index (χ3n) is 6.60. The lowest BCUT2D eigenvalue weighted by molar-refractivity contribution is -0.121. The molecule has 5 heteroatoms. The van der Waals surface area contributed by atoms with Crippen molar-refractivity contribution in [2.24, 2.45) is 0 Å². The fourth-order valence-electron chi connectivity index (χ4n) is 4.85. The smallest absolute Gasteiger partial charge is 0.221 e. The van der Waals surface area contributed by atoms with Crippen molar-refractivity contribution in [2.75, 3.05) is 12.3 Å². The Bertz CT molecular complexity index is 976. The van der Waals surface area contributed by atoms with Gasteiger partial charge in [-0.2, -0.15) is 0 Å². The topological polar surface area (TPSA) is 63.2 Å². The first kappa shape index (κ1) is 20.1. The van der Waals surface area contributed by atoms with E-state index in [1.807, 2.05) is 24.3 Å². The van der Waals surface area contributed by atoms with E-state index in [1.54, 1.807) is 12.1 Å². The van der Waals surface area contributed by atoms with Crippen LogP contribution in [0.1, 0.15) is 55.2 Å². The Kier molecular flexibility index (Phi) is 5.77. The van der Waals surface area contributed by atoms with E-state index in [2.05, 4.69) is 17.4 Å². The van der Waals surface area contributed by atoms with Gasteiger partial charge in [0, 0.05) is 18.4 Å². The lowest BCUT2D eigenvalue weighted by Crippen LogP contribution is -2.39. The fraction of sp³-hybridized carbons (Fsp3) is 0.458. The molecule has 1 saturated carbocycles. The second kappa shape index (κ2) is 8.31. The monoisotopic (exact) mass is 411 g/mol. The lowest BCUT2D eigenvalue weighted by Gasteiger charge is -2.30. The van der Waals surface area contributed by atoms with Crippen LogP contribution in [0.2, 0.25) is 0 Å². The van der Waals surface area contributed by atoms with Gasteiger partial charge < -0.3 is 5.32 Å². The molecule has 1 N–H and O–H groups in total. The molecule has 0 saturated heterocycles. The molecular formula is C24H29NO3S. The average molecular weight is 412 g/mol. The van der Waals surface area contributed by atoms with Crippen LogP contribution in [0.4, 0.5) is 0 Å². The molecule has 0 spiro atoms. The number of carbonyl (C=O) groups is 1. The van der Waals surface area contributed by atoms with Crippen molar-refractivity contribution in [1.82, 2.24) is 5.32 Å².